The Morgan fingerprint density at radius 2 is 1.81 bits per heavy atom. The molecule has 3 atom stereocenters. The Morgan fingerprint density at radius 3 is 2.41 bits per heavy atom. The molecule has 6 nitrogen and oxygen atoms in total. The van der Waals surface area contributed by atoms with Gasteiger partial charge in [0.05, 0.1) is 0 Å². The minimum atomic E-state index is -0.614. The topological polar surface area (TPSA) is 78.5 Å². The average molecular weight is 373 g/mol. The molecule has 1 aliphatic rings. The highest BCUT2D eigenvalue weighted by Gasteiger charge is 2.38. The third-order valence-corrected chi connectivity index (χ3v) is 5.17. The maximum Gasteiger partial charge on any atom is 0.247 e. The molecule has 1 aromatic carbocycles. The highest BCUT2D eigenvalue weighted by atomic mass is 16.2. The Balaban J connectivity index is 2.09. The number of benzene rings is 1. The summed E-state index contributed by atoms with van der Waals surface area (Å²) in [5.74, 6) is -0.664. The molecule has 0 saturated carbocycles. The minimum absolute atomic E-state index is 0.0519. The van der Waals surface area contributed by atoms with Crippen molar-refractivity contribution in [3.05, 3.63) is 30.3 Å². The average Bonchev–Trinajstić information content (AvgIpc) is 3.15. The van der Waals surface area contributed by atoms with Crippen molar-refractivity contribution >= 4 is 23.4 Å². The van der Waals surface area contributed by atoms with Crippen LogP contribution in [0.2, 0.25) is 0 Å². The molecule has 1 aliphatic heterocycles. The zero-order valence-corrected chi connectivity index (χ0v) is 16.7. The summed E-state index contributed by atoms with van der Waals surface area (Å²) in [6, 6.07) is 8.12. The van der Waals surface area contributed by atoms with Gasteiger partial charge in [-0.1, -0.05) is 45.9 Å². The maximum atomic E-state index is 13.1. The van der Waals surface area contributed by atoms with Crippen molar-refractivity contribution in [1.29, 1.82) is 0 Å². The van der Waals surface area contributed by atoms with Gasteiger partial charge in [-0.15, -0.1) is 0 Å². The lowest BCUT2D eigenvalue weighted by molar-refractivity contribution is -0.141. The van der Waals surface area contributed by atoms with Crippen molar-refractivity contribution in [2.24, 2.45) is 11.8 Å². The van der Waals surface area contributed by atoms with Crippen molar-refractivity contribution in [2.45, 2.75) is 59.0 Å². The van der Waals surface area contributed by atoms with Crippen LogP contribution in [-0.2, 0) is 14.4 Å². The number of nitrogens with one attached hydrogen (secondary N) is 2. The lowest BCUT2D eigenvalue weighted by Gasteiger charge is -2.31. The van der Waals surface area contributed by atoms with Gasteiger partial charge >= 0.3 is 0 Å². The molecule has 1 fully saturated rings. The van der Waals surface area contributed by atoms with E-state index in [0.717, 1.165) is 12.8 Å². The molecule has 2 N–H and O–H groups in total. The number of hydrogen-bond acceptors (Lipinski definition) is 3. The van der Waals surface area contributed by atoms with Crippen molar-refractivity contribution < 1.29 is 14.4 Å². The van der Waals surface area contributed by atoms with Crippen LogP contribution in [0.5, 0.6) is 0 Å². The van der Waals surface area contributed by atoms with E-state index < -0.39 is 12.1 Å². The van der Waals surface area contributed by atoms with E-state index in [4.69, 9.17) is 0 Å². The second-order valence-corrected chi connectivity index (χ2v) is 7.58. The van der Waals surface area contributed by atoms with Gasteiger partial charge in [0.1, 0.15) is 12.1 Å². The van der Waals surface area contributed by atoms with E-state index in [0.29, 0.717) is 18.7 Å². The van der Waals surface area contributed by atoms with Crippen LogP contribution in [0, 0.1) is 11.8 Å². The summed E-state index contributed by atoms with van der Waals surface area (Å²) in [6.45, 7) is 8.15. The number of hydrogen-bond donors (Lipinski definition) is 2. The molecule has 1 saturated heterocycles. The molecule has 27 heavy (non-hydrogen) atoms. The van der Waals surface area contributed by atoms with Crippen molar-refractivity contribution in [2.75, 3.05) is 11.9 Å². The minimum Gasteiger partial charge on any atom is -0.344 e. The monoisotopic (exact) mass is 373 g/mol. The van der Waals surface area contributed by atoms with Gasteiger partial charge in [0.25, 0.3) is 0 Å². The summed E-state index contributed by atoms with van der Waals surface area (Å²) in [5, 5.41) is 5.78. The summed E-state index contributed by atoms with van der Waals surface area (Å²) in [7, 11) is 0. The largest absolute Gasteiger partial charge is 0.344 e. The van der Waals surface area contributed by atoms with Crippen molar-refractivity contribution in [3.8, 4) is 0 Å². The Labute approximate surface area is 161 Å². The highest BCUT2D eigenvalue weighted by Crippen LogP contribution is 2.22. The number of likely N-dealkylation sites (tertiary alicyclic amines) is 1. The second kappa shape index (κ2) is 9.53. The molecular weight excluding hydrogens is 342 g/mol. The van der Waals surface area contributed by atoms with Gasteiger partial charge in [-0.25, -0.2) is 0 Å². The van der Waals surface area contributed by atoms with Crippen LogP contribution in [0.4, 0.5) is 5.69 Å². The fourth-order valence-electron chi connectivity index (χ4n) is 3.22. The molecule has 0 bridgehead atoms. The predicted molar refractivity (Wildman–Crippen MR) is 106 cm³/mol. The molecule has 3 amide bonds. The first-order valence-corrected chi connectivity index (χ1v) is 9.81. The first kappa shape index (κ1) is 20.9. The van der Waals surface area contributed by atoms with Crippen molar-refractivity contribution in [1.82, 2.24) is 10.2 Å². The van der Waals surface area contributed by atoms with E-state index in [1.807, 2.05) is 58.0 Å². The Hall–Kier alpha value is -2.37. The number of anilines is 1. The molecule has 1 aromatic rings. The van der Waals surface area contributed by atoms with Crippen LogP contribution >= 0.6 is 0 Å². The number of carbonyl (C=O) groups is 3. The Bertz CT molecular complexity index is 660. The van der Waals surface area contributed by atoms with E-state index in [1.165, 1.54) is 0 Å². The van der Waals surface area contributed by atoms with Gasteiger partial charge in [0, 0.05) is 18.2 Å². The van der Waals surface area contributed by atoms with Crippen LogP contribution in [0.1, 0.15) is 47.0 Å². The third kappa shape index (κ3) is 5.31. The molecular formula is C21H31N3O3. The highest BCUT2D eigenvalue weighted by molar-refractivity contribution is 5.98. The quantitative estimate of drug-likeness (QED) is 0.771. The zero-order chi connectivity index (χ0) is 20.0. The third-order valence-electron chi connectivity index (χ3n) is 5.17. The van der Waals surface area contributed by atoms with Crippen LogP contribution in [-0.4, -0.2) is 41.2 Å². The van der Waals surface area contributed by atoms with E-state index in [2.05, 4.69) is 10.6 Å². The van der Waals surface area contributed by atoms with Gasteiger partial charge in [-0.05, 0) is 37.3 Å². The van der Waals surface area contributed by atoms with E-state index >= 15 is 0 Å². The molecule has 2 rings (SSSR count). The predicted octanol–water partition coefficient (Wildman–Crippen LogP) is 2.80. The first-order chi connectivity index (χ1) is 12.8. The fourth-order valence-corrected chi connectivity index (χ4v) is 3.22. The number of rotatable bonds is 7. The van der Waals surface area contributed by atoms with Crippen LogP contribution in [0.25, 0.3) is 0 Å². The molecule has 0 radical (unpaired) electrons. The standard InChI is InChI=1S/C21H31N3O3/c1-5-15(4)19(25)23-18(14(2)3)21(27)24-13-9-12-17(24)20(26)22-16-10-7-6-8-11-16/h6-8,10-11,14-15,17-18H,5,9,12-13H2,1-4H3,(H,22,26)(H,23,25)/t15-,17+,18+/m1/s1. The summed E-state index contributed by atoms with van der Waals surface area (Å²) in [5.41, 5.74) is 0.715. The summed E-state index contributed by atoms with van der Waals surface area (Å²) < 4.78 is 0. The second-order valence-electron chi connectivity index (χ2n) is 7.58. The lowest BCUT2D eigenvalue weighted by atomic mass is 10.00. The van der Waals surface area contributed by atoms with Gasteiger partial charge in [0.2, 0.25) is 17.7 Å². The van der Waals surface area contributed by atoms with E-state index in [-0.39, 0.29) is 29.6 Å². The fraction of sp³-hybridized carbons (Fsp3) is 0.571. The summed E-state index contributed by atoms with van der Waals surface area (Å²) in [6.07, 6.45) is 2.13. The maximum absolute atomic E-state index is 13.1. The molecule has 0 unspecified atom stereocenters. The van der Waals surface area contributed by atoms with Gasteiger partial charge < -0.3 is 15.5 Å². The first-order valence-electron chi connectivity index (χ1n) is 9.81. The van der Waals surface area contributed by atoms with Crippen LogP contribution in [0.15, 0.2) is 30.3 Å². The van der Waals surface area contributed by atoms with Crippen LogP contribution < -0.4 is 10.6 Å². The smallest absolute Gasteiger partial charge is 0.247 e. The Morgan fingerprint density at radius 1 is 1.15 bits per heavy atom. The van der Waals surface area contributed by atoms with Gasteiger partial charge in [0.15, 0.2) is 0 Å². The normalized spacial score (nSPS) is 18.9. The van der Waals surface area contributed by atoms with Crippen molar-refractivity contribution in [3.63, 3.8) is 0 Å². The lowest BCUT2D eigenvalue weighted by Crippen LogP contribution is -2.55. The number of carbonyl (C=O) groups excluding carboxylic acids is 3. The molecule has 148 valence electrons. The number of nitrogens with zero attached hydrogens (tertiary/aromatic N) is 1. The van der Waals surface area contributed by atoms with E-state index in [1.54, 1.807) is 4.90 Å². The van der Waals surface area contributed by atoms with Crippen LogP contribution in [0.3, 0.4) is 0 Å². The van der Waals surface area contributed by atoms with Gasteiger partial charge in [-0.3, -0.25) is 14.4 Å². The Kier molecular flexibility index (Phi) is 7.39. The number of amides is 3. The molecule has 0 aromatic heterocycles. The zero-order valence-electron chi connectivity index (χ0n) is 16.7. The molecule has 0 spiro atoms. The summed E-state index contributed by atoms with van der Waals surface area (Å²) >= 11 is 0. The molecule has 6 heteroatoms. The molecule has 0 aliphatic carbocycles. The summed E-state index contributed by atoms with van der Waals surface area (Å²) in [4.78, 5) is 39.8. The van der Waals surface area contributed by atoms with Gasteiger partial charge in [-0.2, -0.15) is 0 Å². The number of para-hydroxylation sites is 1. The van der Waals surface area contributed by atoms with E-state index in [9.17, 15) is 14.4 Å². The SMILES string of the molecule is CC[C@@H](C)C(=O)N[C@H](C(=O)N1CCC[C@H]1C(=O)Nc1ccccc1)C(C)C. The molecule has 1 heterocycles.